The molecule has 0 amide bonds. The molecular weight excluding hydrogens is 351 g/mol. The fourth-order valence-electron chi connectivity index (χ4n) is 2.15. The first-order chi connectivity index (χ1) is 10.7. The summed E-state index contributed by atoms with van der Waals surface area (Å²) >= 11 is 0. The minimum atomic E-state index is -0.454. The van der Waals surface area contributed by atoms with Crippen molar-refractivity contribution in [2.24, 2.45) is 0 Å². The summed E-state index contributed by atoms with van der Waals surface area (Å²) in [4.78, 5) is 0. The number of aliphatic hydroxyl groups excluding tert-OH is 2. The van der Waals surface area contributed by atoms with E-state index in [1.165, 1.54) is 0 Å². The zero-order valence-corrected chi connectivity index (χ0v) is 15.3. The van der Waals surface area contributed by atoms with Gasteiger partial charge in [-0.25, -0.2) is 0 Å². The number of aliphatic hydroxyl groups is 2. The van der Waals surface area contributed by atoms with Crippen LogP contribution in [0.15, 0.2) is 40.8 Å². The Balaban J connectivity index is 0.00000264. The Morgan fingerprint density at radius 1 is 0.958 bits per heavy atom. The monoisotopic (exact) mass is 376 g/mol. The van der Waals surface area contributed by atoms with E-state index < -0.39 is 6.10 Å². The lowest BCUT2D eigenvalue weighted by atomic mass is 10.1. The van der Waals surface area contributed by atoms with Gasteiger partial charge in [0.25, 0.3) is 0 Å². The zero-order valence-electron chi connectivity index (χ0n) is 13.7. The van der Waals surface area contributed by atoms with Gasteiger partial charge in [-0.3, -0.25) is 0 Å². The third-order valence-corrected chi connectivity index (χ3v) is 3.41. The number of halogens is 2. The molecule has 136 valence electrons. The highest BCUT2D eigenvalue weighted by Crippen LogP contribution is 2.24. The molecule has 0 spiro atoms. The molecule has 1 aromatic carbocycles. The lowest BCUT2D eigenvalue weighted by molar-refractivity contribution is 0.199. The highest BCUT2D eigenvalue weighted by atomic mass is 35.5. The number of rotatable bonds is 9. The molecule has 0 saturated heterocycles. The average molecular weight is 377 g/mol. The molecular formula is C17H26Cl2N2O3. The maximum absolute atomic E-state index is 9.51. The van der Waals surface area contributed by atoms with Crippen LogP contribution in [0.4, 0.5) is 0 Å². The van der Waals surface area contributed by atoms with Gasteiger partial charge in [-0.05, 0) is 24.6 Å². The maximum atomic E-state index is 9.51. The first kappa shape index (κ1) is 22.9. The molecule has 0 saturated carbocycles. The van der Waals surface area contributed by atoms with Crippen molar-refractivity contribution in [2.45, 2.75) is 19.6 Å². The van der Waals surface area contributed by atoms with Crippen LogP contribution in [-0.2, 0) is 6.54 Å². The van der Waals surface area contributed by atoms with Gasteiger partial charge in [-0.2, -0.15) is 0 Å². The van der Waals surface area contributed by atoms with E-state index in [0.29, 0.717) is 13.1 Å². The summed E-state index contributed by atoms with van der Waals surface area (Å²) in [7, 11) is 0. The summed E-state index contributed by atoms with van der Waals surface area (Å²) in [6.45, 7) is 4.84. The Labute approximate surface area is 155 Å². The van der Waals surface area contributed by atoms with Gasteiger partial charge in [-0.1, -0.05) is 24.3 Å². The lowest BCUT2D eigenvalue weighted by Gasteiger charge is -2.05. The smallest absolute Gasteiger partial charge is 0.134 e. The van der Waals surface area contributed by atoms with Crippen LogP contribution < -0.4 is 10.6 Å². The predicted octanol–water partition coefficient (Wildman–Crippen LogP) is 2.52. The van der Waals surface area contributed by atoms with Gasteiger partial charge < -0.3 is 25.3 Å². The molecule has 0 radical (unpaired) electrons. The van der Waals surface area contributed by atoms with Gasteiger partial charge in [0, 0.05) is 25.2 Å². The molecule has 2 aromatic rings. The summed E-state index contributed by atoms with van der Waals surface area (Å²) in [6.07, 6.45) is -0.454. The molecule has 0 fully saturated rings. The summed E-state index contributed by atoms with van der Waals surface area (Å²) in [5, 5.41) is 24.5. The van der Waals surface area contributed by atoms with Crippen LogP contribution in [-0.4, -0.2) is 36.5 Å². The molecule has 1 unspecified atom stereocenters. The number of benzene rings is 1. The Morgan fingerprint density at radius 2 is 1.62 bits per heavy atom. The number of nitrogens with one attached hydrogen (secondary N) is 2. The largest absolute Gasteiger partial charge is 0.460 e. The average Bonchev–Trinajstić information content (AvgIpc) is 3.00. The van der Waals surface area contributed by atoms with Crippen LogP contribution in [0.2, 0.25) is 0 Å². The quantitative estimate of drug-likeness (QED) is 0.505. The second-order valence-electron chi connectivity index (χ2n) is 5.21. The van der Waals surface area contributed by atoms with Crippen LogP contribution in [0.5, 0.6) is 0 Å². The number of furan rings is 1. The number of hydrogen-bond donors (Lipinski definition) is 4. The Kier molecular flexibility index (Phi) is 11.8. The lowest BCUT2D eigenvalue weighted by Crippen LogP contribution is -2.28. The molecule has 5 nitrogen and oxygen atoms in total. The van der Waals surface area contributed by atoms with Crippen molar-refractivity contribution in [3.05, 3.63) is 47.7 Å². The van der Waals surface area contributed by atoms with E-state index in [1.54, 1.807) is 6.92 Å². The van der Waals surface area contributed by atoms with Gasteiger partial charge in [-0.15, -0.1) is 24.8 Å². The fourth-order valence-corrected chi connectivity index (χ4v) is 2.15. The molecule has 0 aliphatic carbocycles. The first-order valence-electron chi connectivity index (χ1n) is 7.60. The van der Waals surface area contributed by atoms with Gasteiger partial charge in [0.05, 0.1) is 19.3 Å². The van der Waals surface area contributed by atoms with E-state index in [2.05, 4.69) is 10.6 Å². The first-order valence-corrected chi connectivity index (χ1v) is 7.60. The summed E-state index contributed by atoms with van der Waals surface area (Å²) in [5.74, 6) is 1.71. The Morgan fingerprint density at radius 3 is 2.25 bits per heavy atom. The van der Waals surface area contributed by atoms with E-state index in [0.717, 1.165) is 35.7 Å². The van der Waals surface area contributed by atoms with Gasteiger partial charge in [0.1, 0.15) is 11.5 Å². The third kappa shape index (κ3) is 7.21. The Bertz CT molecular complexity index is 559. The standard InChI is InChI=1S/C17H24N2O3.2ClH/c1-13(21)14-2-4-15(5-3-14)17-7-6-16(22-17)12-19-9-8-18-10-11-20;;/h2-7,13,18-21H,8-12H2,1H3;2*1H. The zero-order chi connectivity index (χ0) is 15.8. The van der Waals surface area contributed by atoms with Crippen LogP contribution >= 0.6 is 24.8 Å². The molecule has 0 bridgehead atoms. The number of hydrogen-bond acceptors (Lipinski definition) is 5. The molecule has 1 heterocycles. The van der Waals surface area contributed by atoms with Gasteiger partial charge >= 0.3 is 0 Å². The molecule has 7 heteroatoms. The van der Waals surface area contributed by atoms with E-state index in [-0.39, 0.29) is 31.4 Å². The van der Waals surface area contributed by atoms with Crippen molar-refractivity contribution < 1.29 is 14.6 Å². The van der Waals surface area contributed by atoms with Gasteiger partial charge in [0.15, 0.2) is 0 Å². The second-order valence-corrected chi connectivity index (χ2v) is 5.21. The molecule has 4 N–H and O–H groups in total. The molecule has 2 rings (SSSR count). The van der Waals surface area contributed by atoms with E-state index in [9.17, 15) is 5.11 Å². The predicted molar refractivity (Wildman–Crippen MR) is 101 cm³/mol. The van der Waals surface area contributed by atoms with Crippen LogP contribution in [0.1, 0.15) is 24.4 Å². The minimum Gasteiger partial charge on any atom is -0.460 e. The van der Waals surface area contributed by atoms with E-state index in [1.807, 2.05) is 36.4 Å². The molecule has 1 atom stereocenters. The van der Waals surface area contributed by atoms with Crippen molar-refractivity contribution in [2.75, 3.05) is 26.2 Å². The van der Waals surface area contributed by atoms with Gasteiger partial charge in [0.2, 0.25) is 0 Å². The SMILES string of the molecule is CC(O)c1ccc(-c2ccc(CNCCNCCO)o2)cc1.Cl.Cl. The van der Waals surface area contributed by atoms with Crippen molar-refractivity contribution in [3.63, 3.8) is 0 Å². The topological polar surface area (TPSA) is 77.7 Å². The van der Waals surface area contributed by atoms with Crippen molar-refractivity contribution >= 4 is 24.8 Å². The third-order valence-electron chi connectivity index (χ3n) is 3.41. The molecule has 1 aromatic heterocycles. The van der Waals surface area contributed by atoms with E-state index >= 15 is 0 Å². The second kappa shape index (κ2) is 12.3. The van der Waals surface area contributed by atoms with Crippen LogP contribution in [0.3, 0.4) is 0 Å². The van der Waals surface area contributed by atoms with E-state index in [4.69, 9.17) is 9.52 Å². The molecule has 24 heavy (non-hydrogen) atoms. The molecule has 0 aliphatic rings. The van der Waals surface area contributed by atoms with Crippen molar-refractivity contribution in [1.29, 1.82) is 0 Å². The normalized spacial score (nSPS) is 11.5. The fraction of sp³-hybridized carbons (Fsp3) is 0.412. The molecule has 0 aliphatic heterocycles. The van der Waals surface area contributed by atoms with Crippen molar-refractivity contribution in [3.8, 4) is 11.3 Å². The minimum absolute atomic E-state index is 0. The maximum Gasteiger partial charge on any atom is 0.134 e. The van der Waals surface area contributed by atoms with Crippen LogP contribution in [0, 0.1) is 0 Å². The highest BCUT2D eigenvalue weighted by Gasteiger charge is 2.06. The summed E-state index contributed by atoms with van der Waals surface area (Å²) in [5.41, 5.74) is 1.90. The van der Waals surface area contributed by atoms with Crippen molar-refractivity contribution in [1.82, 2.24) is 10.6 Å². The summed E-state index contributed by atoms with van der Waals surface area (Å²) in [6, 6.07) is 11.7. The summed E-state index contributed by atoms with van der Waals surface area (Å²) < 4.78 is 5.81. The Hall–Kier alpha value is -1.08. The highest BCUT2D eigenvalue weighted by molar-refractivity contribution is 5.85. The van der Waals surface area contributed by atoms with Crippen LogP contribution in [0.25, 0.3) is 11.3 Å².